The Labute approximate surface area is 133 Å². The summed E-state index contributed by atoms with van der Waals surface area (Å²) in [6, 6.07) is 16.6. The van der Waals surface area contributed by atoms with Crippen LogP contribution in [0.2, 0.25) is 0 Å². The van der Waals surface area contributed by atoms with Crippen LogP contribution in [0.1, 0.15) is 30.5 Å². The highest BCUT2D eigenvalue weighted by Crippen LogP contribution is 2.26. The zero-order valence-corrected chi connectivity index (χ0v) is 13.5. The molecule has 0 aromatic heterocycles. The van der Waals surface area contributed by atoms with Crippen molar-refractivity contribution in [2.24, 2.45) is 4.99 Å². The van der Waals surface area contributed by atoms with Gasteiger partial charge in [0.2, 0.25) is 0 Å². The first kappa shape index (κ1) is 16.0. The standard InChI is InChI=1S/C20H23NO/c1-4-19(21-5-2)18-8-6-7-9-20(18)22-15-14-17-12-10-16(3)11-13-17/h4-13H,14-15H2,1-3H3/b19-4-,21-5?. The minimum atomic E-state index is 0.660. The van der Waals surface area contributed by atoms with Gasteiger partial charge in [0.05, 0.1) is 12.3 Å². The van der Waals surface area contributed by atoms with Crippen LogP contribution in [0.4, 0.5) is 0 Å². The third kappa shape index (κ3) is 4.32. The molecule has 2 nitrogen and oxygen atoms in total. The number of nitrogens with zero attached hydrogens (tertiary/aromatic N) is 1. The molecule has 2 aromatic rings. The van der Waals surface area contributed by atoms with Crippen molar-refractivity contribution in [1.82, 2.24) is 0 Å². The number of allylic oxidation sites excluding steroid dienone is 1. The highest BCUT2D eigenvalue weighted by Gasteiger charge is 2.06. The van der Waals surface area contributed by atoms with Gasteiger partial charge < -0.3 is 4.74 Å². The average Bonchev–Trinajstić information content (AvgIpc) is 2.55. The van der Waals surface area contributed by atoms with Crippen molar-refractivity contribution in [3.05, 3.63) is 71.3 Å². The van der Waals surface area contributed by atoms with Gasteiger partial charge >= 0.3 is 0 Å². The van der Waals surface area contributed by atoms with Gasteiger partial charge in [0.1, 0.15) is 5.75 Å². The van der Waals surface area contributed by atoms with Gasteiger partial charge in [-0.2, -0.15) is 0 Å². The quantitative estimate of drug-likeness (QED) is 0.681. The molecule has 0 fully saturated rings. The van der Waals surface area contributed by atoms with E-state index in [1.807, 2.05) is 44.2 Å². The summed E-state index contributed by atoms with van der Waals surface area (Å²) >= 11 is 0. The van der Waals surface area contributed by atoms with Crippen molar-refractivity contribution >= 4 is 11.9 Å². The third-order valence-electron chi connectivity index (χ3n) is 3.47. The van der Waals surface area contributed by atoms with E-state index >= 15 is 0 Å². The molecule has 0 aliphatic carbocycles. The van der Waals surface area contributed by atoms with E-state index in [1.54, 1.807) is 6.21 Å². The van der Waals surface area contributed by atoms with Crippen molar-refractivity contribution < 1.29 is 4.74 Å². The number of para-hydroxylation sites is 1. The molecule has 0 aliphatic heterocycles. The van der Waals surface area contributed by atoms with Gasteiger partial charge in [-0.3, -0.25) is 4.99 Å². The number of benzene rings is 2. The number of hydrogen-bond donors (Lipinski definition) is 0. The lowest BCUT2D eigenvalue weighted by atomic mass is 10.1. The summed E-state index contributed by atoms with van der Waals surface area (Å²) in [5.74, 6) is 0.883. The Kier molecular flexibility index (Phi) is 5.96. The highest BCUT2D eigenvalue weighted by atomic mass is 16.5. The predicted molar refractivity (Wildman–Crippen MR) is 94.6 cm³/mol. The van der Waals surface area contributed by atoms with Crippen LogP contribution in [0.5, 0.6) is 5.75 Å². The van der Waals surface area contributed by atoms with Crippen molar-refractivity contribution in [3.63, 3.8) is 0 Å². The van der Waals surface area contributed by atoms with E-state index in [1.165, 1.54) is 11.1 Å². The van der Waals surface area contributed by atoms with E-state index in [9.17, 15) is 0 Å². The summed E-state index contributed by atoms with van der Waals surface area (Å²) in [7, 11) is 0. The number of rotatable bonds is 6. The zero-order chi connectivity index (χ0) is 15.8. The lowest BCUT2D eigenvalue weighted by Crippen LogP contribution is -2.03. The SMILES string of the molecule is CC=N/C(=C\C)c1ccccc1OCCc1ccc(C)cc1. The monoisotopic (exact) mass is 293 g/mol. The van der Waals surface area contributed by atoms with Gasteiger partial charge in [-0.1, -0.05) is 48.0 Å². The van der Waals surface area contributed by atoms with Crippen LogP contribution >= 0.6 is 0 Å². The minimum Gasteiger partial charge on any atom is -0.493 e. The van der Waals surface area contributed by atoms with E-state index in [0.717, 1.165) is 23.4 Å². The topological polar surface area (TPSA) is 21.6 Å². The highest BCUT2D eigenvalue weighted by molar-refractivity contribution is 5.75. The summed E-state index contributed by atoms with van der Waals surface area (Å²) in [6.07, 6.45) is 4.71. The second kappa shape index (κ2) is 8.18. The van der Waals surface area contributed by atoms with E-state index < -0.39 is 0 Å². The molecule has 0 amide bonds. The molecule has 0 radical (unpaired) electrons. The van der Waals surface area contributed by atoms with E-state index in [0.29, 0.717) is 6.61 Å². The summed E-state index contributed by atoms with van der Waals surface area (Å²) in [5.41, 5.74) is 4.55. The van der Waals surface area contributed by atoms with Crippen molar-refractivity contribution in [2.75, 3.05) is 6.61 Å². The first-order chi connectivity index (χ1) is 10.7. The van der Waals surface area contributed by atoms with Crippen molar-refractivity contribution in [2.45, 2.75) is 27.2 Å². The summed E-state index contributed by atoms with van der Waals surface area (Å²) in [4.78, 5) is 4.41. The largest absolute Gasteiger partial charge is 0.493 e. The average molecular weight is 293 g/mol. The minimum absolute atomic E-state index is 0.660. The Balaban J connectivity index is 2.05. The fraction of sp³-hybridized carbons (Fsp3) is 0.250. The van der Waals surface area contributed by atoms with Gasteiger partial charge in [0.25, 0.3) is 0 Å². The van der Waals surface area contributed by atoms with Gasteiger partial charge in [-0.25, -0.2) is 0 Å². The van der Waals surface area contributed by atoms with Crippen LogP contribution in [0.3, 0.4) is 0 Å². The summed E-state index contributed by atoms with van der Waals surface area (Å²) in [5, 5.41) is 0. The molecule has 0 saturated carbocycles. The zero-order valence-electron chi connectivity index (χ0n) is 13.5. The van der Waals surface area contributed by atoms with Crippen LogP contribution in [0.25, 0.3) is 5.70 Å². The van der Waals surface area contributed by atoms with Crippen molar-refractivity contribution in [1.29, 1.82) is 0 Å². The molecule has 0 saturated heterocycles. The molecule has 2 aromatic carbocycles. The maximum absolute atomic E-state index is 5.99. The molecule has 0 spiro atoms. The predicted octanol–water partition coefficient (Wildman–Crippen LogP) is 5.07. The molecule has 0 atom stereocenters. The van der Waals surface area contributed by atoms with Gasteiger partial charge in [0, 0.05) is 18.2 Å². The fourth-order valence-electron chi connectivity index (χ4n) is 2.28. The molecule has 0 N–H and O–H groups in total. The lowest BCUT2D eigenvalue weighted by molar-refractivity contribution is 0.321. The Bertz CT molecular complexity index is 654. The molecule has 22 heavy (non-hydrogen) atoms. The molecular weight excluding hydrogens is 270 g/mol. The van der Waals surface area contributed by atoms with Crippen molar-refractivity contribution in [3.8, 4) is 5.75 Å². The second-order valence-corrected chi connectivity index (χ2v) is 5.14. The maximum atomic E-state index is 5.99. The third-order valence-corrected chi connectivity index (χ3v) is 3.47. The molecule has 2 heteroatoms. The van der Waals surface area contributed by atoms with Gasteiger partial charge in [0.15, 0.2) is 0 Å². The number of hydrogen-bond acceptors (Lipinski definition) is 2. The normalized spacial score (nSPS) is 11.9. The van der Waals surface area contributed by atoms with Gasteiger partial charge in [-0.15, -0.1) is 0 Å². The van der Waals surface area contributed by atoms with E-state index in [-0.39, 0.29) is 0 Å². The smallest absolute Gasteiger partial charge is 0.128 e. The summed E-state index contributed by atoms with van der Waals surface area (Å²) < 4.78 is 5.99. The van der Waals surface area contributed by atoms with Gasteiger partial charge in [-0.05, 0) is 38.5 Å². The Morgan fingerprint density at radius 1 is 1.05 bits per heavy atom. The fourth-order valence-corrected chi connectivity index (χ4v) is 2.28. The van der Waals surface area contributed by atoms with E-state index in [4.69, 9.17) is 4.74 Å². The molecular formula is C20H23NO. The molecule has 0 bridgehead atoms. The van der Waals surface area contributed by atoms with Crippen LogP contribution < -0.4 is 4.74 Å². The van der Waals surface area contributed by atoms with E-state index in [2.05, 4.69) is 36.2 Å². The first-order valence-corrected chi connectivity index (χ1v) is 7.67. The number of aliphatic imine (C=N–C) groups is 1. The molecule has 114 valence electrons. The van der Waals surface area contributed by atoms with Crippen LogP contribution in [0.15, 0.2) is 59.6 Å². The van der Waals surface area contributed by atoms with Crippen LogP contribution in [-0.2, 0) is 6.42 Å². The lowest BCUT2D eigenvalue weighted by Gasteiger charge is -2.12. The summed E-state index contributed by atoms with van der Waals surface area (Å²) in [6.45, 7) is 6.67. The Morgan fingerprint density at radius 3 is 2.45 bits per heavy atom. The Morgan fingerprint density at radius 2 is 1.77 bits per heavy atom. The first-order valence-electron chi connectivity index (χ1n) is 7.67. The molecule has 0 aliphatic rings. The molecule has 2 rings (SSSR count). The number of ether oxygens (including phenoxy) is 1. The Hall–Kier alpha value is -2.35. The number of aryl methyl sites for hydroxylation is 1. The molecule has 0 heterocycles. The molecule has 0 unspecified atom stereocenters. The second-order valence-electron chi connectivity index (χ2n) is 5.14. The maximum Gasteiger partial charge on any atom is 0.128 e. The van der Waals surface area contributed by atoms with Crippen LogP contribution in [-0.4, -0.2) is 12.8 Å². The van der Waals surface area contributed by atoms with Crippen LogP contribution in [0, 0.1) is 6.92 Å².